The van der Waals surface area contributed by atoms with Crippen LogP contribution in [0.3, 0.4) is 0 Å². The summed E-state index contributed by atoms with van der Waals surface area (Å²) in [6.07, 6.45) is 5.04. The van der Waals surface area contributed by atoms with Crippen molar-refractivity contribution >= 4 is 21.6 Å². The fourth-order valence-electron chi connectivity index (χ4n) is 2.74. The Morgan fingerprint density at radius 1 is 1.19 bits per heavy atom. The molecule has 0 bridgehead atoms. The van der Waals surface area contributed by atoms with E-state index in [-0.39, 0.29) is 23.5 Å². The highest BCUT2D eigenvalue weighted by Crippen LogP contribution is 2.30. The van der Waals surface area contributed by atoms with Gasteiger partial charge in [0.1, 0.15) is 5.75 Å². The lowest BCUT2D eigenvalue weighted by Gasteiger charge is -2.23. The summed E-state index contributed by atoms with van der Waals surface area (Å²) in [6, 6.07) is 4.52. The summed E-state index contributed by atoms with van der Waals surface area (Å²) in [4.78, 5) is 11.5. The highest BCUT2D eigenvalue weighted by molar-refractivity contribution is 7.89. The van der Waals surface area contributed by atoms with Crippen molar-refractivity contribution in [3.8, 4) is 5.75 Å². The third kappa shape index (κ3) is 3.19. The van der Waals surface area contributed by atoms with Crippen LogP contribution in [-0.2, 0) is 14.8 Å². The smallest absolute Gasteiger partial charge is 0.262 e. The number of rotatable bonds is 3. The van der Waals surface area contributed by atoms with E-state index in [0.29, 0.717) is 11.4 Å². The van der Waals surface area contributed by atoms with Gasteiger partial charge < -0.3 is 10.1 Å². The first kappa shape index (κ1) is 14.3. The Kier molecular flexibility index (Phi) is 3.86. The Bertz CT molecular complexity index is 651. The van der Waals surface area contributed by atoms with Gasteiger partial charge in [-0.25, -0.2) is 13.1 Å². The van der Waals surface area contributed by atoms with Crippen LogP contribution in [0.15, 0.2) is 23.1 Å². The van der Waals surface area contributed by atoms with Crippen molar-refractivity contribution in [2.24, 2.45) is 0 Å². The van der Waals surface area contributed by atoms with Crippen molar-refractivity contribution in [2.75, 3.05) is 11.9 Å². The molecule has 0 saturated heterocycles. The lowest BCUT2D eigenvalue weighted by molar-refractivity contribution is -0.118. The number of hydrogen-bond donors (Lipinski definition) is 2. The molecule has 21 heavy (non-hydrogen) atoms. The molecule has 0 aromatic heterocycles. The number of sulfonamides is 1. The molecule has 1 heterocycles. The monoisotopic (exact) mass is 310 g/mol. The Balaban J connectivity index is 1.81. The number of anilines is 1. The quantitative estimate of drug-likeness (QED) is 0.888. The molecule has 114 valence electrons. The number of nitrogens with one attached hydrogen (secondary N) is 2. The fraction of sp³-hybridized carbons (Fsp3) is 0.500. The first-order valence-electron chi connectivity index (χ1n) is 7.14. The maximum Gasteiger partial charge on any atom is 0.262 e. The summed E-state index contributed by atoms with van der Waals surface area (Å²) < 4.78 is 32.8. The Morgan fingerprint density at radius 3 is 2.71 bits per heavy atom. The highest BCUT2D eigenvalue weighted by atomic mass is 32.2. The molecule has 0 radical (unpaired) electrons. The van der Waals surface area contributed by atoms with Crippen LogP contribution in [0.4, 0.5) is 5.69 Å². The van der Waals surface area contributed by atoms with Crippen LogP contribution in [0.5, 0.6) is 5.75 Å². The molecule has 1 amide bonds. The van der Waals surface area contributed by atoms with Crippen LogP contribution < -0.4 is 14.8 Å². The number of hydrogen-bond acceptors (Lipinski definition) is 4. The number of carbonyl (C=O) groups is 1. The molecule has 3 rings (SSSR count). The van der Waals surface area contributed by atoms with E-state index < -0.39 is 10.0 Å². The van der Waals surface area contributed by atoms with Crippen LogP contribution in [0.1, 0.15) is 32.1 Å². The summed E-state index contributed by atoms with van der Waals surface area (Å²) in [5.41, 5.74) is 0.401. The minimum absolute atomic E-state index is 0.00521. The number of fused-ring (bicyclic) bond motifs is 1. The molecule has 0 unspecified atom stereocenters. The van der Waals surface area contributed by atoms with E-state index in [0.717, 1.165) is 25.7 Å². The maximum atomic E-state index is 12.4. The van der Waals surface area contributed by atoms with E-state index in [1.54, 1.807) is 6.07 Å². The zero-order valence-electron chi connectivity index (χ0n) is 11.6. The number of carbonyl (C=O) groups excluding carboxylic acids is 1. The zero-order chi connectivity index (χ0) is 14.9. The number of benzene rings is 1. The molecule has 2 aliphatic rings. The van der Waals surface area contributed by atoms with Crippen LogP contribution in [-0.4, -0.2) is 27.0 Å². The first-order valence-corrected chi connectivity index (χ1v) is 8.62. The zero-order valence-corrected chi connectivity index (χ0v) is 12.4. The molecule has 1 aliphatic carbocycles. The topological polar surface area (TPSA) is 84.5 Å². The highest BCUT2D eigenvalue weighted by Gasteiger charge is 2.24. The van der Waals surface area contributed by atoms with E-state index in [1.807, 2.05) is 0 Å². The van der Waals surface area contributed by atoms with Crippen LogP contribution >= 0.6 is 0 Å². The molecule has 1 aromatic rings. The maximum absolute atomic E-state index is 12.4. The van der Waals surface area contributed by atoms with Gasteiger partial charge in [-0.05, 0) is 31.0 Å². The van der Waals surface area contributed by atoms with Crippen molar-refractivity contribution < 1.29 is 17.9 Å². The molecule has 1 aromatic carbocycles. The number of amides is 1. The summed E-state index contributed by atoms with van der Waals surface area (Å²) in [5, 5.41) is 2.62. The van der Waals surface area contributed by atoms with E-state index in [1.165, 1.54) is 18.6 Å². The molecule has 0 atom stereocenters. The van der Waals surface area contributed by atoms with Gasteiger partial charge in [0.25, 0.3) is 5.91 Å². The molecule has 6 nitrogen and oxygen atoms in total. The third-order valence-corrected chi connectivity index (χ3v) is 5.34. The van der Waals surface area contributed by atoms with Gasteiger partial charge in [0, 0.05) is 6.04 Å². The van der Waals surface area contributed by atoms with Crippen LogP contribution in [0, 0.1) is 0 Å². The molecule has 2 N–H and O–H groups in total. The van der Waals surface area contributed by atoms with E-state index in [4.69, 9.17) is 4.74 Å². The van der Waals surface area contributed by atoms with Gasteiger partial charge in [-0.15, -0.1) is 0 Å². The van der Waals surface area contributed by atoms with Gasteiger partial charge in [0.2, 0.25) is 10.0 Å². The summed E-state index contributed by atoms with van der Waals surface area (Å²) >= 11 is 0. The second-order valence-electron chi connectivity index (χ2n) is 5.45. The average molecular weight is 310 g/mol. The average Bonchev–Trinajstić information content (AvgIpc) is 2.47. The van der Waals surface area contributed by atoms with Crippen LogP contribution in [0.2, 0.25) is 0 Å². The molecular weight excluding hydrogens is 292 g/mol. The summed E-state index contributed by atoms with van der Waals surface area (Å²) in [7, 11) is -3.57. The predicted molar refractivity (Wildman–Crippen MR) is 77.8 cm³/mol. The van der Waals surface area contributed by atoms with Gasteiger partial charge in [0.15, 0.2) is 6.61 Å². The molecule has 1 fully saturated rings. The molecule has 7 heteroatoms. The van der Waals surface area contributed by atoms with Gasteiger partial charge in [-0.1, -0.05) is 19.3 Å². The first-order chi connectivity index (χ1) is 10.0. The lowest BCUT2D eigenvalue weighted by Crippen LogP contribution is -2.36. The van der Waals surface area contributed by atoms with Crippen molar-refractivity contribution in [1.82, 2.24) is 4.72 Å². The summed E-state index contributed by atoms with van der Waals surface area (Å²) in [5.74, 6) is 0.212. The largest absolute Gasteiger partial charge is 0.482 e. The summed E-state index contributed by atoms with van der Waals surface area (Å²) in [6.45, 7) is -0.0422. The van der Waals surface area contributed by atoms with Crippen molar-refractivity contribution in [2.45, 2.75) is 43.0 Å². The number of ether oxygens (including phenoxy) is 1. The second-order valence-corrected chi connectivity index (χ2v) is 7.17. The van der Waals surface area contributed by atoms with Gasteiger partial charge in [-0.2, -0.15) is 0 Å². The van der Waals surface area contributed by atoms with Crippen molar-refractivity contribution in [3.05, 3.63) is 18.2 Å². The standard InChI is InChI=1S/C14H18N2O4S/c17-14-9-20-13-7-6-11(8-12(13)15-14)21(18,19)16-10-4-2-1-3-5-10/h6-8,10,16H,1-5,9H2,(H,15,17). The van der Waals surface area contributed by atoms with E-state index in [2.05, 4.69) is 10.0 Å². The second kappa shape index (κ2) is 5.65. The van der Waals surface area contributed by atoms with Crippen molar-refractivity contribution in [1.29, 1.82) is 0 Å². The Labute approximate surface area is 123 Å². The van der Waals surface area contributed by atoms with E-state index >= 15 is 0 Å². The molecule has 1 saturated carbocycles. The van der Waals surface area contributed by atoms with Crippen molar-refractivity contribution in [3.63, 3.8) is 0 Å². The fourth-order valence-corrected chi connectivity index (χ4v) is 4.07. The molecule has 1 aliphatic heterocycles. The lowest BCUT2D eigenvalue weighted by atomic mass is 9.96. The molecule has 0 spiro atoms. The third-order valence-electron chi connectivity index (χ3n) is 3.82. The Hall–Kier alpha value is -1.60. The minimum Gasteiger partial charge on any atom is -0.482 e. The predicted octanol–water partition coefficient (Wildman–Crippen LogP) is 1.63. The molecular formula is C14H18N2O4S. The SMILES string of the molecule is O=C1COc2ccc(S(=O)(=O)NC3CCCCC3)cc2N1. The van der Waals surface area contributed by atoms with Gasteiger partial charge in [-0.3, -0.25) is 4.79 Å². The van der Waals surface area contributed by atoms with Crippen LogP contribution in [0.25, 0.3) is 0 Å². The van der Waals surface area contributed by atoms with E-state index in [9.17, 15) is 13.2 Å². The van der Waals surface area contributed by atoms with Gasteiger partial charge in [0.05, 0.1) is 10.6 Å². The van der Waals surface area contributed by atoms with Gasteiger partial charge >= 0.3 is 0 Å². The normalized spacial score (nSPS) is 19.5. The minimum atomic E-state index is -3.57. The Morgan fingerprint density at radius 2 is 1.95 bits per heavy atom.